The van der Waals surface area contributed by atoms with Gasteiger partial charge < -0.3 is 10.1 Å². The first kappa shape index (κ1) is 26.2. The average molecular weight is 521 g/mol. The lowest BCUT2D eigenvalue weighted by Crippen LogP contribution is -2.23. The molecule has 0 atom stereocenters. The zero-order valence-corrected chi connectivity index (χ0v) is 17.4. The van der Waals surface area contributed by atoms with Crippen LogP contribution in [0.1, 0.15) is 5.56 Å². The van der Waals surface area contributed by atoms with Crippen molar-refractivity contribution in [2.45, 2.75) is 17.2 Å². The van der Waals surface area contributed by atoms with E-state index in [0.717, 1.165) is 12.1 Å². The molecule has 1 N–H and O–H groups in total. The van der Waals surface area contributed by atoms with Crippen molar-refractivity contribution in [1.82, 2.24) is 0 Å². The molecule has 0 fully saturated rings. The quantitative estimate of drug-likeness (QED) is 0.323. The van der Waals surface area contributed by atoms with Crippen molar-refractivity contribution in [3.8, 4) is 5.75 Å². The third kappa shape index (κ3) is 7.49. The molecule has 1 amide bonds. The van der Waals surface area contributed by atoms with Gasteiger partial charge in [-0.3, -0.25) is 14.9 Å². The van der Waals surface area contributed by atoms with Crippen molar-refractivity contribution in [1.29, 1.82) is 0 Å². The van der Waals surface area contributed by atoms with Gasteiger partial charge in [0.2, 0.25) is 5.91 Å². The summed E-state index contributed by atoms with van der Waals surface area (Å²) >= 11 is 5.62. The number of halogens is 7. The van der Waals surface area contributed by atoms with E-state index in [2.05, 4.69) is 4.74 Å². The number of nitrogens with one attached hydrogen (secondary N) is 1. The average Bonchev–Trinajstić information content (AvgIpc) is 2.64. The maximum atomic E-state index is 12.7. The van der Waals surface area contributed by atoms with Crippen molar-refractivity contribution in [2.24, 2.45) is 0 Å². The molecule has 0 aliphatic carbocycles. The Morgan fingerprint density at radius 2 is 1.73 bits per heavy atom. The number of benzene rings is 2. The number of alkyl halides is 6. The van der Waals surface area contributed by atoms with Gasteiger partial charge in [0.1, 0.15) is 11.5 Å². The number of rotatable bonds is 7. The lowest BCUT2D eigenvalue weighted by molar-refractivity contribution is -0.384. The number of carbonyl (C=O) groups excluding carboxylic acids is 1. The summed E-state index contributed by atoms with van der Waals surface area (Å²) in [6.07, 6.45) is -9.56. The van der Waals surface area contributed by atoms with Gasteiger partial charge in [-0.1, -0.05) is 11.6 Å². The number of sulfone groups is 1. The highest BCUT2D eigenvalue weighted by Gasteiger charge is 2.33. The first-order valence-electron chi connectivity index (χ1n) is 8.36. The topological polar surface area (TPSA) is 116 Å². The SMILES string of the molecule is O=C(CS(=O)(=O)c1ccc(C(F)(F)F)cc1Cl)Nc1cc(OCC(F)(F)F)cc([N+](=O)[O-])c1. The van der Waals surface area contributed by atoms with Crippen LogP contribution in [-0.4, -0.2) is 37.8 Å². The van der Waals surface area contributed by atoms with Crippen LogP contribution < -0.4 is 10.1 Å². The monoisotopic (exact) mass is 520 g/mol. The molecule has 2 aromatic carbocycles. The van der Waals surface area contributed by atoms with Gasteiger partial charge in [0.25, 0.3) is 5.69 Å². The molecule has 0 spiro atoms. The summed E-state index contributed by atoms with van der Waals surface area (Å²) in [6.45, 7) is -1.79. The number of nitro benzene ring substituents is 1. The molecule has 180 valence electrons. The normalized spacial score (nSPS) is 12.3. The first-order valence-corrected chi connectivity index (χ1v) is 10.4. The zero-order valence-electron chi connectivity index (χ0n) is 15.8. The number of nitrogens with zero attached hydrogens (tertiary/aromatic N) is 1. The second kappa shape index (κ2) is 9.43. The van der Waals surface area contributed by atoms with Gasteiger partial charge in [-0.2, -0.15) is 26.3 Å². The van der Waals surface area contributed by atoms with E-state index in [9.17, 15) is 49.7 Å². The number of hydrogen-bond donors (Lipinski definition) is 1. The second-order valence-corrected chi connectivity index (χ2v) is 8.69. The molecule has 8 nitrogen and oxygen atoms in total. The number of nitro groups is 1. The molecule has 0 saturated carbocycles. The van der Waals surface area contributed by atoms with Gasteiger partial charge in [-0.05, 0) is 18.2 Å². The summed E-state index contributed by atoms with van der Waals surface area (Å²) in [6, 6.07) is 3.54. The van der Waals surface area contributed by atoms with Crippen molar-refractivity contribution in [3.63, 3.8) is 0 Å². The van der Waals surface area contributed by atoms with Gasteiger partial charge in [-0.15, -0.1) is 0 Å². The Labute approximate surface area is 186 Å². The van der Waals surface area contributed by atoms with Crippen LogP contribution in [0.15, 0.2) is 41.3 Å². The van der Waals surface area contributed by atoms with Gasteiger partial charge >= 0.3 is 12.4 Å². The van der Waals surface area contributed by atoms with Gasteiger partial charge in [0.15, 0.2) is 16.4 Å². The maximum absolute atomic E-state index is 12.7. The Kier molecular flexibility index (Phi) is 7.48. The van der Waals surface area contributed by atoms with Gasteiger partial charge in [-0.25, -0.2) is 8.42 Å². The molecule has 0 unspecified atom stereocenters. The molecule has 2 rings (SSSR count). The molecule has 0 saturated heterocycles. The van der Waals surface area contributed by atoms with Crippen LogP contribution in [0.5, 0.6) is 5.75 Å². The Morgan fingerprint density at radius 1 is 1.09 bits per heavy atom. The van der Waals surface area contributed by atoms with Crippen LogP contribution in [0, 0.1) is 10.1 Å². The van der Waals surface area contributed by atoms with Gasteiger partial charge in [0, 0.05) is 12.1 Å². The molecule has 0 heterocycles. The molecule has 0 bridgehead atoms. The van der Waals surface area contributed by atoms with E-state index < -0.39 is 78.0 Å². The van der Waals surface area contributed by atoms with Crippen molar-refractivity contribution in [2.75, 3.05) is 17.7 Å². The van der Waals surface area contributed by atoms with E-state index in [0.29, 0.717) is 24.3 Å². The lowest BCUT2D eigenvalue weighted by atomic mass is 10.2. The Hall–Kier alpha value is -3.07. The maximum Gasteiger partial charge on any atom is 0.422 e. The fourth-order valence-electron chi connectivity index (χ4n) is 2.39. The molecule has 0 radical (unpaired) electrons. The Bertz CT molecular complexity index is 1180. The van der Waals surface area contributed by atoms with Crippen LogP contribution >= 0.6 is 11.6 Å². The third-order valence-electron chi connectivity index (χ3n) is 3.70. The predicted octanol–water partition coefficient (Wildman–Crippen LogP) is 4.62. The summed E-state index contributed by atoms with van der Waals surface area (Å²) in [5.41, 5.74) is -2.45. The minimum Gasteiger partial charge on any atom is -0.484 e. The lowest BCUT2D eigenvalue weighted by Gasteiger charge is -2.12. The van der Waals surface area contributed by atoms with E-state index in [1.165, 1.54) is 0 Å². The van der Waals surface area contributed by atoms with Crippen molar-refractivity contribution < 1.29 is 49.2 Å². The molecule has 0 aliphatic rings. The highest BCUT2D eigenvalue weighted by Crippen LogP contribution is 2.34. The summed E-state index contributed by atoms with van der Waals surface area (Å²) in [7, 11) is -4.56. The first-order chi connectivity index (χ1) is 15.0. The third-order valence-corrected chi connectivity index (χ3v) is 5.80. The fourth-order valence-corrected chi connectivity index (χ4v) is 4.12. The van der Waals surface area contributed by atoms with Crippen molar-refractivity contribution in [3.05, 3.63) is 57.1 Å². The molecule has 0 aliphatic heterocycles. The molecule has 2 aromatic rings. The standard InChI is InChI=1S/C17H11ClF6N2O6S/c18-13-3-9(17(22,23)24)1-2-14(13)33(30,31)7-15(27)25-10-4-11(26(28)29)6-12(5-10)32-8-16(19,20)21/h1-6H,7-8H2,(H,25,27). The van der Waals surface area contributed by atoms with E-state index in [-0.39, 0.29) is 0 Å². The number of anilines is 1. The summed E-state index contributed by atoms with van der Waals surface area (Å²) in [5, 5.41) is 12.1. The highest BCUT2D eigenvalue weighted by molar-refractivity contribution is 7.92. The summed E-state index contributed by atoms with van der Waals surface area (Å²) in [5.74, 6) is -3.27. The number of amides is 1. The molecular formula is C17H11ClF6N2O6S. The van der Waals surface area contributed by atoms with E-state index in [4.69, 9.17) is 11.6 Å². The molecule has 33 heavy (non-hydrogen) atoms. The second-order valence-electron chi connectivity index (χ2n) is 6.33. The smallest absolute Gasteiger partial charge is 0.422 e. The Balaban J connectivity index is 2.24. The van der Waals surface area contributed by atoms with E-state index in [1.807, 2.05) is 5.32 Å². The van der Waals surface area contributed by atoms with Crippen molar-refractivity contribution >= 4 is 38.7 Å². The van der Waals surface area contributed by atoms with Gasteiger partial charge in [0.05, 0.1) is 32.2 Å². The molecule has 16 heteroatoms. The fraction of sp³-hybridized carbons (Fsp3) is 0.235. The van der Waals surface area contributed by atoms with Crippen LogP contribution in [0.3, 0.4) is 0 Å². The van der Waals surface area contributed by atoms with E-state index >= 15 is 0 Å². The summed E-state index contributed by atoms with van der Waals surface area (Å²) in [4.78, 5) is 21.3. The number of ether oxygens (including phenoxy) is 1. The number of non-ortho nitro benzene ring substituents is 1. The van der Waals surface area contributed by atoms with Crippen LogP contribution in [-0.2, 0) is 20.8 Å². The number of hydrogen-bond acceptors (Lipinski definition) is 6. The minimum absolute atomic E-state index is 0.358. The largest absolute Gasteiger partial charge is 0.484 e. The summed E-state index contributed by atoms with van der Waals surface area (Å²) < 4.78 is 104. The van der Waals surface area contributed by atoms with E-state index in [1.54, 1.807) is 0 Å². The van der Waals surface area contributed by atoms with Crippen LogP contribution in [0.25, 0.3) is 0 Å². The highest BCUT2D eigenvalue weighted by atomic mass is 35.5. The molecule has 0 aromatic heterocycles. The molecular weight excluding hydrogens is 510 g/mol. The van der Waals surface area contributed by atoms with Crippen LogP contribution in [0.2, 0.25) is 5.02 Å². The minimum atomic E-state index is -4.79. The number of carbonyl (C=O) groups is 1. The Morgan fingerprint density at radius 3 is 2.24 bits per heavy atom. The zero-order chi connectivity index (χ0) is 25.2. The predicted molar refractivity (Wildman–Crippen MR) is 102 cm³/mol. The van der Waals surface area contributed by atoms with Crippen LogP contribution in [0.4, 0.5) is 37.7 Å².